The fourth-order valence-electron chi connectivity index (χ4n) is 3.35. The molecule has 0 aromatic heterocycles. The van der Waals surface area contributed by atoms with Crippen molar-refractivity contribution in [3.8, 4) is 11.5 Å². The van der Waals surface area contributed by atoms with Crippen molar-refractivity contribution in [1.82, 2.24) is 0 Å². The summed E-state index contributed by atoms with van der Waals surface area (Å²) >= 11 is 23.2. The molecule has 0 fully saturated rings. The van der Waals surface area contributed by atoms with Gasteiger partial charge in [0.05, 0.1) is 0 Å². The number of nitrogens with zero attached hydrogens (tertiary/aromatic N) is 2. The zero-order valence-electron chi connectivity index (χ0n) is 21.0. The van der Waals surface area contributed by atoms with Crippen LogP contribution in [-0.2, 0) is 32.3 Å². The van der Waals surface area contributed by atoms with E-state index in [0.717, 1.165) is 12.8 Å². The molecule has 0 radical (unpaired) electrons. The van der Waals surface area contributed by atoms with Crippen molar-refractivity contribution >= 4 is 58.8 Å². The molecule has 0 bridgehead atoms. The quantitative estimate of drug-likeness (QED) is 0.147. The molecule has 0 aliphatic rings. The van der Waals surface area contributed by atoms with Crippen molar-refractivity contribution < 1.29 is 29.7 Å². The van der Waals surface area contributed by atoms with Gasteiger partial charge in [0, 0.05) is 45.6 Å². The van der Waals surface area contributed by atoms with Gasteiger partial charge in [-0.1, -0.05) is 119 Å². The summed E-state index contributed by atoms with van der Waals surface area (Å²) in [6, 6.07) is 26.1. The van der Waals surface area contributed by atoms with Crippen LogP contribution in [0.3, 0.4) is 0 Å². The summed E-state index contributed by atoms with van der Waals surface area (Å²) in [5, 5.41) is 24.5. The third kappa shape index (κ3) is 11.3. The van der Waals surface area contributed by atoms with E-state index in [4.69, 9.17) is 46.4 Å². The Morgan fingerprint density at radius 2 is 0.923 bits per heavy atom. The van der Waals surface area contributed by atoms with Gasteiger partial charge < -0.3 is 10.2 Å². The first-order chi connectivity index (χ1) is 18.3. The van der Waals surface area contributed by atoms with Crippen LogP contribution in [0.25, 0.3) is 0 Å². The van der Waals surface area contributed by atoms with Gasteiger partial charge in [-0.25, -0.2) is 0 Å². The van der Waals surface area contributed by atoms with Crippen LogP contribution in [0.15, 0.2) is 94.9 Å². The Labute approximate surface area is 261 Å². The van der Waals surface area contributed by atoms with E-state index in [1.807, 2.05) is 60.7 Å². The average molecular weight is 652 g/mol. The molecule has 9 heteroatoms. The third-order valence-corrected chi connectivity index (χ3v) is 6.28. The van der Waals surface area contributed by atoms with Crippen molar-refractivity contribution in [3.63, 3.8) is 0 Å². The van der Waals surface area contributed by atoms with E-state index in [1.165, 1.54) is 35.7 Å². The summed E-state index contributed by atoms with van der Waals surface area (Å²) in [6.45, 7) is 1.24. The van der Waals surface area contributed by atoms with Crippen molar-refractivity contribution in [2.75, 3.05) is 13.1 Å². The fourth-order valence-corrected chi connectivity index (χ4v) is 4.37. The number of aliphatic imine (C=N–C) groups is 2. The molecule has 0 unspecified atom stereocenters. The second-order valence-electron chi connectivity index (χ2n) is 8.15. The fraction of sp³-hybridized carbons (Fsp3) is 0.133. The zero-order chi connectivity index (χ0) is 27.3. The van der Waals surface area contributed by atoms with Gasteiger partial charge in [-0.3, -0.25) is 9.98 Å². The molecular weight excluding hydrogens is 628 g/mol. The average Bonchev–Trinajstić information content (AvgIpc) is 2.91. The summed E-state index contributed by atoms with van der Waals surface area (Å²) < 4.78 is 0. The standard InChI is InChI=1S/2C15H13Cl2NO.Zn/c2*16-13-8-12(15(19)14(17)9-13)10-18-7-6-11-4-2-1-3-5-11;/h2*1-5,8-10,19H,6-7H2;/q;;+2/p-2. The van der Waals surface area contributed by atoms with Crippen LogP contribution in [-0.4, -0.2) is 25.5 Å². The van der Waals surface area contributed by atoms with E-state index < -0.39 is 0 Å². The molecule has 0 saturated carbocycles. The Hall–Kier alpha value is -2.40. The SMILES string of the molecule is [O-]c1c(Cl)cc(Cl)cc1C=NCCc1ccccc1.[O-]c1c(Cl)cc(Cl)cc1C=NCCc1ccccc1.[Zn+2]. The molecule has 0 N–H and O–H groups in total. The van der Waals surface area contributed by atoms with Gasteiger partial charge in [0.25, 0.3) is 0 Å². The minimum absolute atomic E-state index is 0. The largest absolute Gasteiger partial charge is 2.00 e. The summed E-state index contributed by atoms with van der Waals surface area (Å²) in [5.41, 5.74) is 3.27. The summed E-state index contributed by atoms with van der Waals surface area (Å²) in [4.78, 5) is 8.48. The van der Waals surface area contributed by atoms with E-state index in [1.54, 1.807) is 12.1 Å². The number of rotatable bonds is 8. The van der Waals surface area contributed by atoms with Gasteiger partial charge in [0.1, 0.15) is 0 Å². The number of halogens is 4. The van der Waals surface area contributed by atoms with Crippen molar-refractivity contribution in [3.05, 3.63) is 127 Å². The second kappa shape index (κ2) is 17.3. The minimum atomic E-state index is -0.241. The van der Waals surface area contributed by atoms with Crippen LogP contribution in [0, 0.1) is 0 Å². The van der Waals surface area contributed by atoms with Crippen LogP contribution in [0.4, 0.5) is 0 Å². The minimum Gasteiger partial charge on any atom is -0.871 e. The summed E-state index contributed by atoms with van der Waals surface area (Å²) in [6.07, 6.45) is 4.73. The van der Waals surface area contributed by atoms with Crippen LogP contribution >= 0.6 is 46.4 Å². The van der Waals surface area contributed by atoms with Gasteiger partial charge in [-0.15, -0.1) is 0 Å². The first kappa shape index (κ1) is 32.8. The van der Waals surface area contributed by atoms with Crippen LogP contribution < -0.4 is 10.2 Å². The van der Waals surface area contributed by atoms with E-state index in [-0.39, 0.29) is 41.0 Å². The van der Waals surface area contributed by atoms with Crippen molar-refractivity contribution in [2.24, 2.45) is 9.98 Å². The molecule has 0 aliphatic heterocycles. The van der Waals surface area contributed by atoms with Gasteiger partial charge in [-0.05, 0) is 59.4 Å². The molecular formula is C30H24Cl4N2O2Zn. The maximum atomic E-state index is 11.7. The summed E-state index contributed by atoms with van der Waals surface area (Å²) in [5.74, 6) is -0.482. The topological polar surface area (TPSA) is 70.8 Å². The molecule has 0 spiro atoms. The normalized spacial score (nSPS) is 10.8. The predicted octanol–water partition coefficient (Wildman–Crippen LogP) is 7.45. The number of hydrogen-bond donors (Lipinski definition) is 0. The van der Waals surface area contributed by atoms with Crippen LogP contribution in [0.2, 0.25) is 20.1 Å². The molecule has 0 saturated heterocycles. The van der Waals surface area contributed by atoms with Crippen LogP contribution in [0.1, 0.15) is 22.3 Å². The van der Waals surface area contributed by atoms with E-state index in [9.17, 15) is 10.2 Å². The Kier molecular flexibility index (Phi) is 14.6. The van der Waals surface area contributed by atoms with E-state index >= 15 is 0 Å². The molecule has 4 rings (SSSR count). The second-order valence-corrected chi connectivity index (χ2v) is 9.84. The Morgan fingerprint density at radius 1 is 0.564 bits per heavy atom. The van der Waals surface area contributed by atoms with Gasteiger partial charge >= 0.3 is 19.5 Å². The predicted molar refractivity (Wildman–Crippen MR) is 157 cm³/mol. The smallest absolute Gasteiger partial charge is 0.871 e. The first-order valence-electron chi connectivity index (χ1n) is 11.7. The van der Waals surface area contributed by atoms with Gasteiger partial charge in [0.15, 0.2) is 0 Å². The molecule has 39 heavy (non-hydrogen) atoms. The molecule has 0 heterocycles. The van der Waals surface area contributed by atoms with Crippen LogP contribution in [0.5, 0.6) is 11.5 Å². The molecule has 4 aromatic carbocycles. The molecule has 0 atom stereocenters. The maximum absolute atomic E-state index is 11.7. The molecule has 0 amide bonds. The van der Waals surface area contributed by atoms with Gasteiger partial charge in [0.2, 0.25) is 0 Å². The first-order valence-corrected chi connectivity index (χ1v) is 13.2. The number of hydrogen-bond acceptors (Lipinski definition) is 4. The maximum Gasteiger partial charge on any atom is 2.00 e. The van der Waals surface area contributed by atoms with Crippen molar-refractivity contribution in [1.29, 1.82) is 0 Å². The monoisotopic (exact) mass is 648 g/mol. The molecule has 196 valence electrons. The molecule has 0 aliphatic carbocycles. The molecule has 4 aromatic rings. The van der Waals surface area contributed by atoms with Crippen molar-refractivity contribution in [2.45, 2.75) is 12.8 Å². The van der Waals surface area contributed by atoms with E-state index in [2.05, 4.69) is 9.98 Å². The van der Waals surface area contributed by atoms with E-state index in [0.29, 0.717) is 34.3 Å². The third-order valence-electron chi connectivity index (χ3n) is 5.28. The Balaban J connectivity index is 0.000000267. The van der Waals surface area contributed by atoms with Gasteiger partial charge in [-0.2, -0.15) is 0 Å². The zero-order valence-corrected chi connectivity index (χ0v) is 27.0. The Bertz CT molecular complexity index is 1280. The molecule has 4 nitrogen and oxygen atoms in total. The number of benzene rings is 4. The summed E-state index contributed by atoms with van der Waals surface area (Å²) in [7, 11) is 0. The Morgan fingerprint density at radius 3 is 1.28 bits per heavy atom.